The van der Waals surface area contributed by atoms with Gasteiger partial charge in [-0.05, 0) is 91.5 Å². The van der Waals surface area contributed by atoms with Gasteiger partial charge in [-0.1, -0.05) is 52.0 Å². The van der Waals surface area contributed by atoms with Gasteiger partial charge >= 0.3 is 0 Å². The van der Waals surface area contributed by atoms with Gasteiger partial charge in [0, 0.05) is 10.8 Å². The van der Waals surface area contributed by atoms with Gasteiger partial charge in [-0.3, -0.25) is 9.59 Å². The highest BCUT2D eigenvalue weighted by Crippen LogP contribution is 2.30. The summed E-state index contributed by atoms with van der Waals surface area (Å²) in [4.78, 5) is 23.5. The molecule has 0 aliphatic heterocycles. The van der Waals surface area contributed by atoms with Gasteiger partial charge in [0.2, 0.25) is 11.8 Å². The van der Waals surface area contributed by atoms with Gasteiger partial charge in [-0.2, -0.15) is 0 Å². The zero-order valence-corrected chi connectivity index (χ0v) is 20.4. The van der Waals surface area contributed by atoms with E-state index in [0.717, 1.165) is 6.42 Å². The fourth-order valence-corrected chi connectivity index (χ4v) is 4.22. The first-order chi connectivity index (χ1) is 14.1. The Kier molecular flexibility index (Phi) is 7.04. The number of nitrogens with two attached hydrogens (primary N) is 2. The Labute approximate surface area is 187 Å². The predicted molar refractivity (Wildman–Crippen MR) is 128 cm³/mol. The third kappa shape index (κ3) is 5.75. The molecule has 2 aromatic carbocycles. The largest absolute Gasteiger partial charge is 0.369 e. The van der Waals surface area contributed by atoms with Gasteiger partial charge in [0.05, 0.1) is 0 Å². The molecule has 0 atom stereocenters. The van der Waals surface area contributed by atoms with E-state index in [-0.39, 0.29) is 11.8 Å². The lowest BCUT2D eigenvalue weighted by Crippen LogP contribution is -2.33. The number of rotatable bonds is 8. The van der Waals surface area contributed by atoms with Crippen molar-refractivity contribution in [3.05, 3.63) is 68.8 Å². The van der Waals surface area contributed by atoms with E-state index < -0.39 is 10.8 Å². The molecule has 0 aliphatic carbocycles. The van der Waals surface area contributed by atoms with Gasteiger partial charge in [0.1, 0.15) is 0 Å². The van der Waals surface area contributed by atoms with Crippen LogP contribution in [0.1, 0.15) is 72.2 Å². The van der Waals surface area contributed by atoms with Crippen molar-refractivity contribution in [2.75, 3.05) is 0 Å². The number of carbonyl (C=O) groups is 2. The molecule has 0 bridgehead atoms. The molecule has 2 rings (SSSR count). The minimum atomic E-state index is -0.570. The molecule has 0 heterocycles. The number of aryl methyl sites for hydroxylation is 4. The Morgan fingerprint density at radius 1 is 0.645 bits per heavy atom. The van der Waals surface area contributed by atoms with Crippen LogP contribution in [0.3, 0.4) is 0 Å². The van der Waals surface area contributed by atoms with Crippen LogP contribution >= 0.6 is 0 Å². The van der Waals surface area contributed by atoms with Crippen LogP contribution in [0.15, 0.2) is 24.3 Å². The van der Waals surface area contributed by atoms with Crippen molar-refractivity contribution in [3.8, 4) is 0 Å². The van der Waals surface area contributed by atoms with Gasteiger partial charge in [-0.15, -0.1) is 0 Å². The quantitative estimate of drug-likeness (QED) is 0.650. The second-order valence-electron chi connectivity index (χ2n) is 10.4. The summed E-state index contributed by atoms with van der Waals surface area (Å²) in [6.45, 7) is 16.0. The Balaban J connectivity index is 2.31. The Hall–Kier alpha value is -2.62. The molecule has 31 heavy (non-hydrogen) atoms. The summed E-state index contributed by atoms with van der Waals surface area (Å²) in [5, 5.41) is 0. The lowest BCUT2D eigenvalue weighted by molar-refractivity contribution is -0.126. The molecule has 2 aromatic rings. The van der Waals surface area contributed by atoms with Crippen LogP contribution in [0.2, 0.25) is 0 Å². The molecular weight excluding hydrogens is 384 g/mol. The lowest BCUT2D eigenvalue weighted by Gasteiger charge is -2.24. The van der Waals surface area contributed by atoms with Crippen molar-refractivity contribution in [2.24, 2.45) is 22.3 Å². The lowest BCUT2D eigenvalue weighted by atomic mass is 9.80. The van der Waals surface area contributed by atoms with E-state index in [1.54, 1.807) is 0 Å². The molecule has 0 radical (unpaired) electrons. The van der Waals surface area contributed by atoms with Gasteiger partial charge < -0.3 is 11.5 Å². The summed E-state index contributed by atoms with van der Waals surface area (Å²) < 4.78 is 0. The minimum Gasteiger partial charge on any atom is -0.369 e. The van der Waals surface area contributed by atoms with Crippen LogP contribution in [0, 0.1) is 38.5 Å². The molecule has 0 saturated heterocycles. The van der Waals surface area contributed by atoms with Crippen molar-refractivity contribution >= 4 is 11.8 Å². The molecule has 4 nitrogen and oxygen atoms in total. The van der Waals surface area contributed by atoms with Crippen LogP contribution in [0.4, 0.5) is 0 Å². The summed E-state index contributed by atoms with van der Waals surface area (Å²) >= 11 is 0. The molecule has 4 heteroatoms. The standard InChI is InChI=1S/C27H38N2O2/c1-16-9-20(10-17(2)22(16)14-26(5,6)24(28)30)13-21-11-18(3)23(19(4)12-21)15-27(7,8)25(29)31/h9-12H,13-15H2,1-8H3,(H2,28,30)(H2,29,31). The third-order valence-electron chi connectivity index (χ3n) is 6.49. The van der Waals surface area contributed by atoms with Crippen LogP contribution in [0.25, 0.3) is 0 Å². The fraction of sp³-hybridized carbons (Fsp3) is 0.481. The summed E-state index contributed by atoms with van der Waals surface area (Å²) in [6, 6.07) is 8.87. The van der Waals surface area contributed by atoms with Gasteiger partial charge in [0.15, 0.2) is 0 Å². The summed E-state index contributed by atoms with van der Waals surface area (Å²) in [6.07, 6.45) is 2.12. The number of amides is 2. The summed E-state index contributed by atoms with van der Waals surface area (Å²) in [5.41, 5.74) is 19.7. The number of hydrogen-bond acceptors (Lipinski definition) is 2. The molecule has 2 amide bonds. The molecule has 0 aliphatic rings. The van der Waals surface area contributed by atoms with Gasteiger partial charge in [-0.25, -0.2) is 0 Å². The molecular formula is C27H38N2O2. The third-order valence-corrected chi connectivity index (χ3v) is 6.49. The predicted octanol–water partition coefficient (Wildman–Crippen LogP) is 4.62. The molecule has 0 unspecified atom stereocenters. The van der Waals surface area contributed by atoms with E-state index in [2.05, 4.69) is 52.0 Å². The maximum atomic E-state index is 11.8. The molecule has 0 fully saturated rings. The maximum absolute atomic E-state index is 11.8. The van der Waals surface area contributed by atoms with Crippen LogP contribution in [0.5, 0.6) is 0 Å². The molecule has 4 N–H and O–H groups in total. The van der Waals surface area contributed by atoms with Crippen molar-refractivity contribution in [1.29, 1.82) is 0 Å². The molecule has 168 valence electrons. The van der Waals surface area contributed by atoms with Crippen LogP contribution in [-0.2, 0) is 28.9 Å². The van der Waals surface area contributed by atoms with E-state index in [0.29, 0.717) is 12.8 Å². The Morgan fingerprint density at radius 2 is 0.903 bits per heavy atom. The number of benzene rings is 2. The highest BCUT2D eigenvalue weighted by atomic mass is 16.1. The number of carbonyl (C=O) groups excluding carboxylic acids is 2. The first-order valence-electron chi connectivity index (χ1n) is 10.9. The normalized spacial score (nSPS) is 12.1. The molecule has 0 saturated carbocycles. The van der Waals surface area contributed by atoms with Crippen molar-refractivity contribution in [3.63, 3.8) is 0 Å². The Bertz CT molecular complexity index is 888. The van der Waals surface area contributed by atoms with E-state index in [1.807, 2.05) is 27.7 Å². The average molecular weight is 423 g/mol. The summed E-state index contributed by atoms with van der Waals surface area (Å²) in [5.74, 6) is -0.554. The topological polar surface area (TPSA) is 86.2 Å². The van der Waals surface area contributed by atoms with Crippen molar-refractivity contribution in [2.45, 2.75) is 74.7 Å². The summed E-state index contributed by atoms with van der Waals surface area (Å²) in [7, 11) is 0. The van der Waals surface area contributed by atoms with E-state index in [9.17, 15) is 9.59 Å². The zero-order chi connectivity index (χ0) is 23.7. The second-order valence-corrected chi connectivity index (χ2v) is 10.4. The first kappa shape index (κ1) is 24.6. The van der Waals surface area contributed by atoms with E-state index in [1.165, 1.54) is 44.5 Å². The highest BCUT2D eigenvalue weighted by molar-refractivity contribution is 5.80. The fourth-order valence-electron chi connectivity index (χ4n) is 4.22. The number of primary amides is 2. The smallest absolute Gasteiger partial charge is 0.223 e. The number of hydrogen-bond donors (Lipinski definition) is 2. The monoisotopic (exact) mass is 422 g/mol. The van der Waals surface area contributed by atoms with Crippen LogP contribution < -0.4 is 11.5 Å². The van der Waals surface area contributed by atoms with E-state index >= 15 is 0 Å². The Morgan fingerprint density at radius 3 is 1.13 bits per heavy atom. The maximum Gasteiger partial charge on any atom is 0.223 e. The van der Waals surface area contributed by atoms with Crippen LogP contribution in [-0.4, -0.2) is 11.8 Å². The first-order valence-corrected chi connectivity index (χ1v) is 10.9. The second kappa shape index (κ2) is 8.86. The van der Waals surface area contributed by atoms with Gasteiger partial charge in [0.25, 0.3) is 0 Å². The minimum absolute atomic E-state index is 0.277. The molecule has 0 spiro atoms. The average Bonchev–Trinajstić information content (AvgIpc) is 2.61. The van der Waals surface area contributed by atoms with E-state index in [4.69, 9.17) is 11.5 Å². The highest BCUT2D eigenvalue weighted by Gasteiger charge is 2.28. The van der Waals surface area contributed by atoms with Crippen molar-refractivity contribution in [1.82, 2.24) is 0 Å². The SMILES string of the molecule is Cc1cc(Cc2cc(C)c(CC(C)(C)C(N)=O)c(C)c2)cc(C)c1CC(C)(C)C(N)=O. The van der Waals surface area contributed by atoms with Crippen molar-refractivity contribution < 1.29 is 9.59 Å². The molecule has 0 aromatic heterocycles. The zero-order valence-electron chi connectivity index (χ0n) is 20.4.